The number of hydrogen-bond acceptors (Lipinski definition) is 5. The molecule has 0 bridgehead atoms. The number of nitrogens with zero attached hydrogens (tertiary/aromatic N) is 4. The zero-order valence-electron chi connectivity index (χ0n) is 14.8. The first-order valence-electron chi connectivity index (χ1n) is 8.69. The molecule has 0 atom stereocenters. The van der Waals surface area contributed by atoms with Crippen LogP contribution in [0.4, 0.5) is 11.4 Å². The summed E-state index contributed by atoms with van der Waals surface area (Å²) in [4.78, 5) is 2.29. The molecule has 7 nitrogen and oxygen atoms in total. The van der Waals surface area contributed by atoms with E-state index in [0.717, 1.165) is 31.6 Å². The van der Waals surface area contributed by atoms with Gasteiger partial charge in [-0.2, -0.15) is 5.10 Å². The molecule has 0 unspecified atom stereocenters. The van der Waals surface area contributed by atoms with Crippen LogP contribution in [0.1, 0.15) is 18.5 Å². The van der Waals surface area contributed by atoms with Crippen LogP contribution in [0.2, 0.25) is 5.15 Å². The van der Waals surface area contributed by atoms with Gasteiger partial charge in [0.1, 0.15) is 16.7 Å². The maximum Gasteiger partial charge on any atom is 0.270 e. The fraction of sp³-hybridized carbons (Fsp3) is 0.471. The Morgan fingerprint density at radius 1 is 1.19 bits per heavy atom. The number of piperidine rings is 1. The first-order chi connectivity index (χ1) is 12.4. The molecule has 0 aliphatic carbocycles. The lowest BCUT2D eigenvalue weighted by Gasteiger charge is -2.33. The summed E-state index contributed by atoms with van der Waals surface area (Å²) in [7, 11) is -2.16. The van der Waals surface area contributed by atoms with E-state index < -0.39 is 10.0 Å². The van der Waals surface area contributed by atoms with Gasteiger partial charge in [0.2, 0.25) is 0 Å². The molecule has 1 fully saturated rings. The van der Waals surface area contributed by atoms with Crippen molar-refractivity contribution >= 4 is 33.0 Å². The molecule has 1 N–H and O–H groups in total. The Morgan fingerprint density at radius 2 is 1.85 bits per heavy atom. The number of halogens is 1. The van der Waals surface area contributed by atoms with E-state index in [1.165, 1.54) is 8.99 Å². The summed E-state index contributed by atoms with van der Waals surface area (Å²) in [6, 6.07) is 7.98. The molecule has 26 heavy (non-hydrogen) atoms. The van der Waals surface area contributed by atoms with Crippen LogP contribution in [0, 0.1) is 6.92 Å². The van der Waals surface area contributed by atoms with E-state index in [-0.39, 0.29) is 10.0 Å². The van der Waals surface area contributed by atoms with E-state index in [1.54, 1.807) is 14.0 Å². The summed E-state index contributed by atoms with van der Waals surface area (Å²) in [6.07, 6.45) is 1.99. The molecule has 0 radical (unpaired) electrons. The van der Waals surface area contributed by atoms with Gasteiger partial charge in [0, 0.05) is 13.1 Å². The number of hydrogen-bond donors (Lipinski definition) is 1. The highest BCUT2D eigenvalue weighted by molar-refractivity contribution is 7.93. The van der Waals surface area contributed by atoms with Gasteiger partial charge in [-0.25, -0.2) is 12.7 Å². The minimum atomic E-state index is -3.80. The number of benzene rings is 1. The summed E-state index contributed by atoms with van der Waals surface area (Å²) in [5.74, 6) is 0. The average Bonchev–Trinajstić information content (AvgIpc) is 3.14. The van der Waals surface area contributed by atoms with Gasteiger partial charge in [0.25, 0.3) is 10.0 Å². The smallest absolute Gasteiger partial charge is 0.270 e. The van der Waals surface area contributed by atoms with Gasteiger partial charge in [-0.1, -0.05) is 23.7 Å². The van der Waals surface area contributed by atoms with Crippen LogP contribution in [0.3, 0.4) is 0 Å². The number of para-hydroxylation sites is 2. The molecular formula is C17H22ClN5O2S. The van der Waals surface area contributed by atoms with Crippen molar-refractivity contribution in [3.8, 4) is 0 Å². The van der Waals surface area contributed by atoms with Gasteiger partial charge < -0.3 is 10.2 Å². The number of aryl methyl sites for hydroxylation is 2. The second-order valence-corrected chi connectivity index (χ2v) is 8.92. The second kappa shape index (κ2) is 6.44. The third-order valence-electron chi connectivity index (χ3n) is 5.14. The molecular weight excluding hydrogens is 374 g/mol. The molecule has 1 aromatic heterocycles. The highest BCUT2D eigenvalue weighted by atomic mass is 35.5. The van der Waals surface area contributed by atoms with Crippen molar-refractivity contribution in [2.45, 2.75) is 30.7 Å². The number of anilines is 2. The van der Waals surface area contributed by atoms with E-state index in [4.69, 9.17) is 11.6 Å². The summed E-state index contributed by atoms with van der Waals surface area (Å²) < 4.78 is 29.7. The van der Waals surface area contributed by atoms with E-state index in [2.05, 4.69) is 15.3 Å². The highest BCUT2D eigenvalue weighted by Gasteiger charge is 2.40. The Kier molecular flexibility index (Phi) is 4.37. The van der Waals surface area contributed by atoms with Gasteiger partial charge in [-0.3, -0.25) is 4.68 Å². The molecule has 2 aliphatic heterocycles. The number of sulfonamides is 1. The van der Waals surface area contributed by atoms with Gasteiger partial charge >= 0.3 is 0 Å². The van der Waals surface area contributed by atoms with Crippen molar-refractivity contribution in [2.75, 3.05) is 29.0 Å². The Morgan fingerprint density at radius 3 is 2.46 bits per heavy atom. The summed E-state index contributed by atoms with van der Waals surface area (Å²) in [6.45, 7) is 3.87. The predicted octanol–water partition coefficient (Wildman–Crippen LogP) is 2.11. The minimum Gasteiger partial charge on any atom is -0.348 e. The van der Waals surface area contributed by atoms with Crippen molar-refractivity contribution in [3.05, 3.63) is 35.1 Å². The van der Waals surface area contributed by atoms with Crippen molar-refractivity contribution < 1.29 is 8.42 Å². The summed E-state index contributed by atoms with van der Waals surface area (Å²) in [5, 5.41) is 7.67. The van der Waals surface area contributed by atoms with Crippen molar-refractivity contribution in [2.24, 2.45) is 7.05 Å². The molecule has 0 spiro atoms. The van der Waals surface area contributed by atoms with Crippen LogP contribution in [0.15, 0.2) is 29.2 Å². The minimum absolute atomic E-state index is 0.0867. The SMILES string of the molecule is Cc1nn(C)c(Cl)c1S(=O)(=O)N1CN(C2CCNCC2)c2ccccc21. The standard InChI is InChI=1S/C17H22ClN5O2S/c1-12-16(17(18)21(2)20-12)26(24,25)23-11-22(13-7-9-19-10-8-13)14-5-3-4-6-15(14)23/h3-6,13,19H,7-11H2,1-2H3. The van der Waals surface area contributed by atoms with Gasteiger partial charge in [0.05, 0.1) is 17.1 Å². The zero-order chi connectivity index (χ0) is 18.5. The third kappa shape index (κ3) is 2.67. The lowest BCUT2D eigenvalue weighted by atomic mass is 10.0. The van der Waals surface area contributed by atoms with Gasteiger partial charge in [-0.15, -0.1) is 0 Å². The average molecular weight is 396 g/mol. The van der Waals surface area contributed by atoms with E-state index in [1.807, 2.05) is 24.3 Å². The van der Waals surface area contributed by atoms with E-state index >= 15 is 0 Å². The van der Waals surface area contributed by atoms with Crippen LogP contribution < -0.4 is 14.5 Å². The van der Waals surface area contributed by atoms with Crippen LogP contribution in [-0.4, -0.2) is 44.0 Å². The molecule has 9 heteroatoms. The maximum atomic E-state index is 13.4. The summed E-state index contributed by atoms with van der Waals surface area (Å²) >= 11 is 6.26. The molecule has 140 valence electrons. The van der Waals surface area contributed by atoms with Gasteiger partial charge in [-0.05, 0) is 45.0 Å². The zero-order valence-corrected chi connectivity index (χ0v) is 16.4. The fourth-order valence-corrected chi connectivity index (χ4v) is 5.99. The van der Waals surface area contributed by atoms with Crippen LogP contribution >= 0.6 is 11.6 Å². The largest absolute Gasteiger partial charge is 0.348 e. The predicted molar refractivity (Wildman–Crippen MR) is 102 cm³/mol. The van der Waals surface area contributed by atoms with E-state index in [9.17, 15) is 8.42 Å². The fourth-order valence-electron chi connectivity index (χ4n) is 3.86. The first-order valence-corrected chi connectivity index (χ1v) is 10.5. The Balaban J connectivity index is 1.77. The number of fused-ring (bicyclic) bond motifs is 1. The normalized spacial score (nSPS) is 18.4. The Bertz CT molecular complexity index is 937. The van der Waals surface area contributed by atoms with Crippen LogP contribution in [-0.2, 0) is 17.1 Å². The molecule has 1 aromatic carbocycles. The Hall–Kier alpha value is -1.77. The maximum absolute atomic E-state index is 13.4. The molecule has 2 aromatic rings. The summed E-state index contributed by atoms with van der Waals surface area (Å²) in [5.41, 5.74) is 2.07. The van der Waals surface area contributed by atoms with Crippen LogP contribution in [0.5, 0.6) is 0 Å². The third-order valence-corrected chi connectivity index (χ3v) is 7.58. The number of aromatic nitrogens is 2. The Labute approximate surface area is 158 Å². The van der Waals surface area contributed by atoms with Crippen molar-refractivity contribution in [1.29, 1.82) is 0 Å². The van der Waals surface area contributed by atoms with E-state index in [0.29, 0.717) is 24.1 Å². The molecule has 0 saturated carbocycles. The molecule has 2 aliphatic rings. The van der Waals surface area contributed by atoms with Crippen LogP contribution in [0.25, 0.3) is 0 Å². The number of nitrogens with one attached hydrogen (secondary N) is 1. The topological polar surface area (TPSA) is 70.5 Å². The lowest BCUT2D eigenvalue weighted by molar-refractivity contribution is 0.436. The van der Waals surface area contributed by atoms with Crippen molar-refractivity contribution in [1.82, 2.24) is 15.1 Å². The molecule has 4 rings (SSSR count). The quantitative estimate of drug-likeness (QED) is 0.861. The second-order valence-electron chi connectivity index (χ2n) is 6.76. The molecule has 1 saturated heterocycles. The van der Waals surface area contributed by atoms with Crippen molar-refractivity contribution in [3.63, 3.8) is 0 Å². The molecule has 3 heterocycles. The number of rotatable bonds is 3. The molecule has 0 amide bonds. The lowest BCUT2D eigenvalue weighted by Crippen LogP contribution is -2.45. The first kappa shape index (κ1) is 17.6. The highest BCUT2D eigenvalue weighted by Crippen LogP contribution is 2.42. The van der Waals surface area contributed by atoms with Gasteiger partial charge in [0.15, 0.2) is 0 Å². The monoisotopic (exact) mass is 395 g/mol.